The van der Waals surface area contributed by atoms with Crippen molar-refractivity contribution in [2.45, 2.75) is 6.42 Å². The van der Waals surface area contributed by atoms with E-state index in [0.717, 1.165) is 48.7 Å². The number of benzene rings is 2. The van der Waals surface area contributed by atoms with E-state index in [2.05, 4.69) is 20.2 Å². The molecule has 2 aromatic carbocycles. The van der Waals surface area contributed by atoms with Gasteiger partial charge in [0, 0.05) is 42.8 Å². The number of nitrogens with zero attached hydrogens (tertiary/aromatic N) is 4. The number of H-pyrrole nitrogens is 1. The monoisotopic (exact) mass is 431 g/mol. The smallest absolute Gasteiger partial charge is 0.231 e. The molecule has 0 atom stereocenters. The maximum Gasteiger partial charge on any atom is 0.231 e. The first-order valence-electron chi connectivity index (χ1n) is 10.6. The lowest BCUT2D eigenvalue weighted by molar-refractivity contribution is 0.152. The summed E-state index contributed by atoms with van der Waals surface area (Å²) in [5.41, 5.74) is 3.02. The van der Waals surface area contributed by atoms with Gasteiger partial charge in [-0.3, -0.25) is 4.79 Å². The van der Waals surface area contributed by atoms with Gasteiger partial charge in [-0.1, -0.05) is 17.3 Å². The molecule has 4 aromatic rings. The molecular weight excluding hydrogens is 410 g/mol. The Morgan fingerprint density at radius 1 is 1.00 bits per heavy atom. The summed E-state index contributed by atoms with van der Waals surface area (Å²) in [4.78, 5) is 18.5. The topological polar surface area (TPSA) is 94.5 Å². The first-order chi connectivity index (χ1) is 15.8. The van der Waals surface area contributed by atoms with Crippen molar-refractivity contribution in [3.05, 3.63) is 58.9 Å². The minimum Gasteiger partial charge on any atom is -0.454 e. The van der Waals surface area contributed by atoms with Crippen LogP contribution < -0.4 is 19.8 Å². The van der Waals surface area contributed by atoms with Crippen LogP contribution in [0, 0.1) is 0 Å². The molecular formula is C23H21N5O4. The van der Waals surface area contributed by atoms with Crippen molar-refractivity contribution in [2.24, 2.45) is 0 Å². The maximum atomic E-state index is 12.9. The zero-order chi connectivity index (χ0) is 21.5. The van der Waals surface area contributed by atoms with Crippen molar-refractivity contribution in [3.8, 4) is 28.4 Å². The lowest BCUT2D eigenvalue weighted by Crippen LogP contribution is -2.28. The highest BCUT2D eigenvalue weighted by atomic mass is 16.7. The van der Waals surface area contributed by atoms with Crippen molar-refractivity contribution in [3.63, 3.8) is 0 Å². The van der Waals surface area contributed by atoms with Gasteiger partial charge in [-0.15, -0.1) is 5.10 Å². The highest BCUT2D eigenvalue weighted by molar-refractivity contribution is 5.93. The normalized spacial score (nSPS) is 15.8. The molecule has 0 radical (unpaired) electrons. The minimum absolute atomic E-state index is 0.0241. The summed E-state index contributed by atoms with van der Waals surface area (Å²) in [6.07, 6.45) is 2.77. The Morgan fingerprint density at radius 2 is 1.94 bits per heavy atom. The van der Waals surface area contributed by atoms with E-state index in [0.29, 0.717) is 29.2 Å². The molecule has 0 aliphatic carbocycles. The third kappa shape index (κ3) is 3.27. The second kappa shape index (κ2) is 7.69. The Bertz CT molecular complexity index is 1350. The van der Waals surface area contributed by atoms with Crippen LogP contribution in [0.4, 0.5) is 5.82 Å². The van der Waals surface area contributed by atoms with E-state index in [4.69, 9.17) is 14.2 Å². The summed E-state index contributed by atoms with van der Waals surface area (Å²) < 4.78 is 18.1. The highest BCUT2D eigenvalue weighted by Gasteiger charge is 2.17. The Labute approximate surface area is 183 Å². The van der Waals surface area contributed by atoms with Crippen molar-refractivity contribution < 1.29 is 14.2 Å². The third-order valence-corrected chi connectivity index (χ3v) is 5.80. The van der Waals surface area contributed by atoms with Crippen molar-refractivity contribution in [1.29, 1.82) is 0 Å². The van der Waals surface area contributed by atoms with Crippen LogP contribution in [0.15, 0.2) is 53.5 Å². The van der Waals surface area contributed by atoms with Crippen LogP contribution in [0.5, 0.6) is 11.5 Å². The van der Waals surface area contributed by atoms with Crippen molar-refractivity contribution >= 4 is 16.7 Å². The number of anilines is 1. The van der Waals surface area contributed by atoms with Gasteiger partial charge in [0.1, 0.15) is 11.5 Å². The Balaban J connectivity index is 1.42. The third-order valence-electron chi connectivity index (χ3n) is 5.80. The molecule has 0 saturated carbocycles. The molecule has 162 valence electrons. The molecule has 0 unspecified atom stereocenters. The summed E-state index contributed by atoms with van der Waals surface area (Å²) in [5, 5.41) is 9.29. The van der Waals surface area contributed by atoms with E-state index in [-0.39, 0.29) is 12.2 Å². The van der Waals surface area contributed by atoms with Gasteiger partial charge in [-0.05, 0) is 24.6 Å². The molecule has 0 bridgehead atoms. The number of aromatic amines is 1. The number of aromatic nitrogens is 4. The Hall–Kier alpha value is -3.85. The zero-order valence-electron chi connectivity index (χ0n) is 17.3. The molecule has 0 spiro atoms. The molecule has 2 aliphatic heterocycles. The van der Waals surface area contributed by atoms with Crippen molar-refractivity contribution in [2.75, 3.05) is 38.0 Å². The minimum atomic E-state index is -0.0241. The molecule has 0 amide bonds. The fraction of sp³-hybridized carbons (Fsp3) is 0.261. The number of hydrogen-bond acceptors (Lipinski definition) is 7. The van der Waals surface area contributed by atoms with Gasteiger partial charge < -0.3 is 24.1 Å². The summed E-state index contributed by atoms with van der Waals surface area (Å²) in [6, 6.07) is 12.9. The molecule has 9 heteroatoms. The molecule has 2 aromatic heterocycles. The first-order valence-corrected chi connectivity index (χ1v) is 10.6. The molecule has 4 heterocycles. The standard InChI is InChI=1S/C23H21N5O4/c29-19-12-22(27-7-2-9-30-10-8-27)24-23-16(3-1-4-17(19)23)18-13-28(26-25-18)15-5-6-20-21(11-15)32-14-31-20/h1,3-6,11-13H,2,7-10,14H2,(H,24,29). The van der Waals surface area contributed by atoms with E-state index in [1.165, 1.54) is 0 Å². The fourth-order valence-corrected chi connectivity index (χ4v) is 4.17. The van der Waals surface area contributed by atoms with Crippen LogP contribution in [0.25, 0.3) is 27.8 Å². The Kier molecular flexibility index (Phi) is 4.53. The summed E-state index contributed by atoms with van der Waals surface area (Å²) in [6.45, 7) is 3.18. The molecule has 6 rings (SSSR count). The zero-order valence-corrected chi connectivity index (χ0v) is 17.3. The quantitative estimate of drug-likeness (QED) is 0.533. The predicted molar refractivity (Wildman–Crippen MR) is 119 cm³/mol. The molecule has 2 aliphatic rings. The van der Waals surface area contributed by atoms with Crippen LogP contribution in [-0.4, -0.2) is 53.1 Å². The largest absolute Gasteiger partial charge is 0.454 e. The average molecular weight is 431 g/mol. The molecule has 1 saturated heterocycles. The van der Waals surface area contributed by atoms with Gasteiger partial charge >= 0.3 is 0 Å². The van der Waals surface area contributed by atoms with Gasteiger partial charge in [0.25, 0.3) is 0 Å². The number of para-hydroxylation sites is 1. The molecule has 1 N–H and O–H groups in total. The summed E-state index contributed by atoms with van der Waals surface area (Å²) >= 11 is 0. The molecule has 9 nitrogen and oxygen atoms in total. The van der Waals surface area contributed by atoms with E-state index in [1.54, 1.807) is 10.7 Å². The fourth-order valence-electron chi connectivity index (χ4n) is 4.17. The number of rotatable bonds is 3. The molecule has 32 heavy (non-hydrogen) atoms. The van der Waals surface area contributed by atoms with Crippen LogP contribution in [0.1, 0.15) is 6.42 Å². The van der Waals surface area contributed by atoms with Crippen LogP contribution in [-0.2, 0) is 4.74 Å². The predicted octanol–water partition coefficient (Wildman–Crippen LogP) is 2.73. The highest BCUT2D eigenvalue weighted by Crippen LogP contribution is 2.34. The number of pyridine rings is 1. The van der Waals surface area contributed by atoms with E-state index >= 15 is 0 Å². The van der Waals surface area contributed by atoms with Gasteiger partial charge in [-0.25, -0.2) is 4.68 Å². The van der Waals surface area contributed by atoms with E-state index in [1.807, 2.05) is 42.6 Å². The maximum absolute atomic E-state index is 12.9. The second-order valence-corrected chi connectivity index (χ2v) is 7.79. The number of ether oxygens (including phenoxy) is 3. The summed E-state index contributed by atoms with van der Waals surface area (Å²) in [7, 11) is 0. The van der Waals surface area contributed by atoms with E-state index in [9.17, 15) is 4.79 Å². The average Bonchev–Trinajstić information content (AvgIpc) is 3.41. The lowest BCUT2D eigenvalue weighted by Gasteiger charge is -2.22. The first kappa shape index (κ1) is 18.9. The number of hydrogen-bond donors (Lipinski definition) is 1. The lowest BCUT2D eigenvalue weighted by atomic mass is 10.1. The van der Waals surface area contributed by atoms with Crippen LogP contribution in [0.2, 0.25) is 0 Å². The van der Waals surface area contributed by atoms with Gasteiger partial charge in [-0.2, -0.15) is 0 Å². The van der Waals surface area contributed by atoms with Crippen molar-refractivity contribution in [1.82, 2.24) is 20.0 Å². The van der Waals surface area contributed by atoms with E-state index < -0.39 is 0 Å². The second-order valence-electron chi connectivity index (χ2n) is 7.79. The van der Waals surface area contributed by atoms with Gasteiger partial charge in [0.2, 0.25) is 6.79 Å². The van der Waals surface area contributed by atoms with Gasteiger partial charge in [0.05, 0.1) is 24.0 Å². The molecule has 1 fully saturated rings. The number of fused-ring (bicyclic) bond motifs is 2. The Morgan fingerprint density at radius 3 is 2.91 bits per heavy atom. The summed E-state index contributed by atoms with van der Waals surface area (Å²) in [5.74, 6) is 2.19. The number of nitrogens with one attached hydrogen (secondary N) is 1. The van der Waals surface area contributed by atoms with Crippen LogP contribution >= 0.6 is 0 Å². The van der Waals surface area contributed by atoms with Crippen LogP contribution in [0.3, 0.4) is 0 Å². The SMILES string of the molecule is O=c1cc(N2CCCOCC2)[nH]c2c(-c3cn(-c4ccc5c(c4)OCO5)nn3)cccc12. The van der Waals surface area contributed by atoms with Gasteiger partial charge in [0.15, 0.2) is 16.9 Å².